The summed E-state index contributed by atoms with van der Waals surface area (Å²) in [7, 11) is 0. The summed E-state index contributed by atoms with van der Waals surface area (Å²) in [5.74, 6) is -0.340. The Labute approximate surface area is 188 Å². The monoisotopic (exact) mass is 458 g/mol. The van der Waals surface area contributed by atoms with E-state index in [4.69, 9.17) is 4.74 Å². The van der Waals surface area contributed by atoms with Crippen LogP contribution < -0.4 is 4.74 Å². The van der Waals surface area contributed by atoms with E-state index in [2.05, 4.69) is 15.0 Å². The fourth-order valence-corrected chi connectivity index (χ4v) is 3.44. The predicted molar refractivity (Wildman–Crippen MR) is 113 cm³/mol. The highest BCUT2D eigenvalue weighted by atomic mass is 19.4. The molecule has 0 radical (unpaired) electrons. The van der Waals surface area contributed by atoms with Crippen molar-refractivity contribution in [3.05, 3.63) is 78.5 Å². The van der Waals surface area contributed by atoms with E-state index in [0.717, 1.165) is 10.2 Å². The van der Waals surface area contributed by atoms with Crippen LogP contribution >= 0.6 is 0 Å². The molecule has 1 amide bonds. The Bertz CT molecular complexity index is 1100. The van der Waals surface area contributed by atoms with Crippen molar-refractivity contribution < 1.29 is 27.4 Å². The summed E-state index contributed by atoms with van der Waals surface area (Å²) in [6.07, 6.45) is 1.34. The quantitative estimate of drug-likeness (QED) is 0.503. The third-order valence-corrected chi connectivity index (χ3v) is 5.01. The van der Waals surface area contributed by atoms with Gasteiger partial charge >= 0.3 is 12.4 Å². The van der Waals surface area contributed by atoms with Crippen LogP contribution in [0.2, 0.25) is 0 Å². The molecule has 1 aliphatic rings. The molecular weight excluding hydrogens is 437 g/mol. The number of hydrogen-bond donors (Lipinski definition) is 0. The molecule has 2 heterocycles. The average Bonchev–Trinajstić information content (AvgIpc) is 3.29. The minimum absolute atomic E-state index is 0.249. The molecule has 0 saturated carbocycles. The van der Waals surface area contributed by atoms with Crippen LogP contribution in [0.3, 0.4) is 0 Å². The lowest BCUT2D eigenvalue weighted by molar-refractivity contribution is -0.274. The van der Waals surface area contributed by atoms with Crippen molar-refractivity contribution >= 4 is 6.03 Å². The highest BCUT2D eigenvalue weighted by Gasteiger charge is 2.31. The van der Waals surface area contributed by atoms with Crippen LogP contribution in [0.1, 0.15) is 12.0 Å². The zero-order valence-electron chi connectivity index (χ0n) is 17.5. The highest BCUT2D eigenvalue weighted by molar-refractivity contribution is 5.77. The van der Waals surface area contributed by atoms with Gasteiger partial charge in [-0.25, -0.2) is 4.79 Å². The second-order valence-electron chi connectivity index (χ2n) is 7.38. The van der Waals surface area contributed by atoms with Crippen molar-refractivity contribution in [2.24, 2.45) is 0 Å². The summed E-state index contributed by atoms with van der Waals surface area (Å²) in [6, 6.07) is 14.3. The SMILES string of the molecule is O=C(N1CCC=C[C@@H]1COCc1ccccc1)n1cc(-c2ccc(OC(F)(F)F)cc2)nn1. The maximum atomic E-state index is 13.1. The topological polar surface area (TPSA) is 69.5 Å². The lowest BCUT2D eigenvalue weighted by Gasteiger charge is -2.31. The summed E-state index contributed by atoms with van der Waals surface area (Å²) in [6.45, 7) is 1.28. The van der Waals surface area contributed by atoms with Gasteiger partial charge < -0.3 is 14.4 Å². The second-order valence-corrected chi connectivity index (χ2v) is 7.38. The molecule has 33 heavy (non-hydrogen) atoms. The first-order valence-corrected chi connectivity index (χ1v) is 10.3. The second kappa shape index (κ2) is 9.86. The Morgan fingerprint density at radius 3 is 2.58 bits per heavy atom. The number of carbonyl (C=O) groups excluding carboxylic acids is 1. The van der Waals surface area contributed by atoms with E-state index in [1.165, 1.54) is 30.5 Å². The zero-order chi connectivity index (χ0) is 23.3. The molecule has 4 rings (SSSR count). The van der Waals surface area contributed by atoms with Gasteiger partial charge in [0, 0.05) is 12.1 Å². The van der Waals surface area contributed by atoms with Gasteiger partial charge in [-0.1, -0.05) is 47.7 Å². The third-order valence-electron chi connectivity index (χ3n) is 5.01. The van der Waals surface area contributed by atoms with Gasteiger partial charge in [0.25, 0.3) is 0 Å². The Morgan fingerprint density at radius 1 is 1.09 bits per heavy atom. The highest BCUT2D eigenvalue weighted by Crippen LogP contribution is 2.25. The molecule has 2 aromatic carbocycles. The van der Waals surface area contributed by atoms with Gasteiger partial charge in [-0.15, -0.1) is 18.3 Å². The molecule has 0 aliphatic carbocycles. The van der Waals surface area contributed by atoms with E-state index >= 15 is 0 Å². The van der Waals surface area contributed by atoms with Crippen molar-refractivity contribution in [2.45, 2.75) is 25.4 Å². The van der Waals surface area contributed by atoms with E-state index in [-0.39, 0.29) is 17.8 Å². The lowest BCUT2D eigenvalue weighted by Crippen LogP contribution is -2.46. The van der Waals surface area contributed by atoms with Crippen molar-refractivity contribution in [2.75, 3.05) is 13.2 Å². The molecule has 0 spiro atoms. The number of amides is 1. The minimum atomic E-state index is -4.76. The zero-order valence-corrected chi connectivity index (χ0v) is 17.5. The first kappa shape index (κ1) is 22.5. The van der Waals surface area contributed by atoms with Crippen LogP contribution in [0.15, 0.2) is 72.9 Å². The molecule has 1 aliphatic heterocycles. The number of aromatic nitrogens is 3. The first-order valence-electron chi connectivity index (χ1n) is 10.3. The predicted octanol–water partition coefficient (Wildman–Crippen LogP) is 4.66. The minimum Gasteiger partial charge on any atom is -0.406 e. The number of hydrogen-bond acceptors (Lipinski definition) is 5. The molecule has 10 heteroatoms. The largest absolute Gasteiger partial charge is 0.573 e. The van der Waals surface area contributed by atoms with Gasteiger partial charge in [-0.2, -0.15) is 4.68 Å². The number of benzene rings is 2. The number of halogens is 3. The van der Waals surface area contributed by atoms with Gasteiger partial charge in [0.2, 0.25) is 0 Å². The normalized spacial score (nSPS) is 16.1. The van der Waals surface area contributed by atoms with E-state index in [9.17, 15) is 18.0 Å². The van der Waals surface area contributed by atoms with Crippen molar-refractivity contribution in [3.8, 4) is 17.0 Å². The Kier molecular flexibility index (Phi) is 6.74. The molecule has 0 unspecified atom stereocenters. The van der Waals surface area contributed by atoms with Crippen LogP contribution in [-0.2, 0) is 11.3 Å². The summed E-state index contributed by atoms with van der Waals surface area (Å²) >= 11 is 0. The van der Waals surface area contributed by atoms with Gasteiger partial charge in [-0.3, -0.25) is 0 Å². The van der Waals surface area contributed by atoms with Crippen LogP contribution in [0.4, 0.5) is 18.0 Å². The number of carbonyl (C=O) groups is 1. The molecule has 1 aromatic heterocycles. The number of nitrogens with zero attached hydrogens (tertiary/aromatic N) is 4. The fraction of sp³-hybridized carbons (Fsp3) is 0.261. The molecule has 3 aromatic rings. The van der Waals surface area contributed by atoms with Crippen LogP contribution in [0.5, 0.6) is 5.75 Å². The molecular formula is C23H21F3N4O3. The van der Waals surface area contributed by atoms with Gasteiger partial charge in [0.15, 0.2) is 0 Å². The van der Waals surface area contributed by atoms with E-state index in [0.29, 0.717) is 37.4 Å². The Balaban J connectivity index is 1.40. The first-order chi connectivity index (χ1) is 15.9. The maximum absolute atomic E-state index is 13.1. The van der Waals surface area contributed by atoms with Crippen molar-refractivity contribution in [1.82, 2.24) is 19.9 Å². The summed E-state index contributed by atoms with van der Waals surface area (Å²) in [4.78, 5) is 14.7. The molecule has 1 atom stereocenters. The Morgan fingerprint density at radius 2 is 1.85 bits per heavy atom. The van der Waals surface area contributed by atoms with Gasteiger partial charge in [0.1, 0.15) is 11.4 Å². The Hall–Kier alpha value is -3.66. The molecule has 172 valence electrons. The molecule has 7 nitrogen and oxygen atoms in total. The molecule has 0 N–H and O–H groups in total. The third kappa shape index (κ3) is 5.98. The smallest absolute Gasteiger partial charge is 0.406 e. The number of alkyl halides is 3. The number of rotatable bonds is 6. The standard InChI is InChI=1S/C23H21F3N4O3/c24-23(25,26)33-20-11-9-18(10-12-20)21-14-30(28-27-21)22(31)29-13-5-4-8-19(29)16-32-15-17-6-2-1-3-7-17/h1-4,6-12,14,19H,5,13,15-16H2/t19-/m1/s1. The lowest BCUT2D eigenvalue weighted by atomic mass is 10.1. The van der Waals surface area contributed by atoms with E-state index in [1.807, 2.05) is 42.5 Å². The molecule has 0 fully saturated rings. The van der Waals surface area contributed by atoms with E-state index < -0.39 is 6.36 Å². The summed E-state index contributed by atoms with van der Waals surface area (Å²) in [5.41, 5.74) is 1.90. The molecule has 0 saturated heterocycles. The molecule has 0 bridgehead atoms. The summed E-state index contributed by atoms with van der Waals surface area (Å²) < 4.78 is 47.8. The van der Waals surface area contributed by atoms with E-state index in [1.54, 1.807) is 4.90 Å². The van der Waals surface area contributed by atoms with Crippen molar-refractivity contribution in [1.29, 1.82) is 0 Å². The van der Waals surface area contributed by atoms with Crippen molar-refractivity contribution in [3.63, 3.8) is 0 Å². The van der Waals surface area contributed by atoms with Gasteiger partial charge in [-0.05, 0) is 36.2 Å². The van der Waals surface area contributed by atoms with Crippen LogP contribution in [-0.4, -0.2) is 51.5 Å². The fourth-order valence-electron chi connectivity index (χ4n) is 3.44. The van der Waals surface area contributed by atoms with Crippen LogP contribution in [0, 0.1) is 0 Å². The number of ether oxygens (including phenoxy) is 2. The van der Waals surface area contributed by atoms with Crippen LogP contribution in [0.25, 0.3) is 11.3 Å². The summed E-state index contributed by atoms with van der Waals surface area (Å²) in [5, 5.41) is 7.90. The van der Waals surface area contributed by atoms with Gasteiger partial charge in [0.05, 0.1) is 25.5 Å². The maximum Gasteiger partial charge on any atom is 0.573 e. The average molecular weight is 458 g/mol.